The van der Waals surface area contributed by atoms with E-state index in [1.807, 2.05) is 12.1 Å². The van der Waals surface area contributed by atoms with Crippen molar-refractivity contribution in [1.29, 1.82) is 0 Å². The van der Waals surface area contributed by atoms with Gasteiger partial charge in [-0.3, -0.25) is 14.7 Å². The molecule has 1 N–H and O–H groups in total. The Hall–Kier alpha value is -1.42. The third kappa shape index (κ3) is 2.81. The van der Waals surface area contributed by atoms with Crippen molar-refractivity contribution in [3.63, 3.8) is 0 Å². The minimum atomic E-state index is -0.804. The number of nitrogens with zero attached hydrogens (tertiary/aromatic N) is 2. The Balaban J connectivity index is 2.57. The first-order chi connectivity index (χ1) is 6.61. The molecule has 0 spiro atoms. The molecule has 4 heteroatoms. The number of likely N-dealkylation sites (N-methyl/N-ethyl adjacent to an activating group) is 1. The predicted molar refractivity (Wildman–Crippen MR) is 52.8 cm³/mol. The summed E-state index contributed by atoms with van der Waals surface area (Å²) in [5.74, 6) is -0.804. The second kappa shape index (κ2) is 4.72. The van der Waals surface area contributed by atoms with Gasteiger partial charge >= 0.3 is 5.97 Å². The molecule has 0 amide bonds. The molecule has 0 saturated carbocycles. The maximum absolute atomic E-state index is 10.7. The van der Waals surface area contributed by atoms with E-state index in [9.17, 15) is 4.79 Å². The molecule has 1 heterocycles. The fourth-order valence-corrected chi connectivity index (χ4v) is 1.10. The average Bonchev–Trinajstić information content (AvgIpc) is 2.18. The Morgan fingerprint density at radius 3 is 2.64 bits per heavy atom. The summed E-state index contributed by atoms with van der Waals surface area (Å²) in [6.45, 7) is 2.29. The molecule has 0 aliphatic carbocycles. The van der Waals surface area contributed by atoms with Gasteiger partial charge in [-0.2, -0.15) is 0 Å². The van der Waals surface area contributed by atoms with Crippen molar-refractivity contribution >= 4 is 5.97 Å². The molecule has 0 aliphatic heterocycles. The number of rotatable bonds is 4. The summed E-state index contributed by atoms with van der Waals surface area (Å²) in [5.41, 5.74) is 1.07. The number of hydrogen-bond donors (Lipinski definition) is 1. The first-order valence-electron chi connectivity index (χ1n) is 4.43. The van der Waals surface area contributed by atoms with E-state index in [2.05, 4.69) is 4.98 Å². The number of aromatic nitrogens is 1. The molecule has 14 heavy (non-hydrogen) atoms. The van der Waals surface area contributed by atoms with Crippen LogP contribution < -0.4 is 0 Å². The maximum Gasteiger partial charge on any atom is 0.320 e. The van der Waals surface area contributed by atoms with Gasteiger partial charge in [0.25, 0.3) is 0 Å². The maximum atomic E-state index is 10.7. The fraction of sp³-hybridized carbons (Fsp3) is 0.400. The van der Waals surface area contributed by atoms with Crippen LogP contribution in [0.1, 0.15) is 12.5 Å². The first kappa shape index (κ1) is 10.7. The molecular formula is C10H14N2O2. The molecule has 1 unspecified atom stereocenters. The van der Waals surface area contributed by atoms with Crippen molar-refractivity contribution in [2.45, 2.75) is 19.5 Å². The summed E-state index contributed by atoms with van der Waals surface area (Å²) in [5, 5.41) is 8.78. The highest BCUT2D eigenvalue weighted by atomic mass is 16.4. The van der Waals surface area contributed by atoms with Crippen LogP contribution in [0.15, 0.2) is 24.5 Å². The van der Waals surface area contributed by atoms with E-state index >= 15 is 0 Å². The second-order valence-electron chi connectivity index (χ2n) is 3.28. The van der Waals surface area contributed by atoms with E-state index < -0.39 is 12.0 Å². The van der Waals surface area contributed by atoms with Crippen molar-refractivity contribution in [1.82, 2.24) is 9.88 Å². The van der Waals surface area contributed by atoms with Gasteiger partial charge in [-0.1, -0.05) is 0 Å². The van der Waals surface area contributed by atoms with Gasteiger partial charge in [0.05, 0.1) is 0 Å². The highest BCUT2D eigenvalue weighted by Gasteiger charge is 2.16. The quantitative estimate of drug-likeness (QED) is 0.776. The van der Waals surface area contributed by atoms with E-state index in [-0.39, 0.29) is 0 Å². The van der Waals surface area contributed by atoms with Gasteiger partial charge in [0.1, 0.15) is 6.04 Å². The second-order valence-corrected chi connectivity index (χ2v) is 3.28. The average molecular weight is 194 g/mol. The van der Waals surface area contributed by atoms with Gasteiger partial charge in [0.2, 0.25) is 0 Å². The molecule has 1 aromatic rings. The van der Waals surface area contributed by atoms with Gasteiger partial charge in [0.15, 0.2) is 0 Å². The van der Waals surface area contributed by atoms with Gasteiger partial charge in [0, 0.05) is 18.9 Å². The Labute approximate surface area is 83.2 Å². The van der Waals surface area contributed by atoms with Crippen LogP contribution in [-0.4, -0.2) is 34.0 Å². The zero-order valence-corrected chi connectivity index (χ0v) is 8.34. The van der Waals surface area contributed by atoms with Crippen LogP contribution in [0.4, 0.5) is 0 Å². The first-order valence-corrected chi connectivity index (χ1v) is 4.43. The molecule has 0 bridgehead atoms. The molecule has 4 nitrogen and oxygen atoms in total. The molecule has 0 aromatic carbocycles. The number of carbonyl (C=O) groups is 1. The summed E-state index contributed by atoms with van der Waals surface area (Å²) < 4.78 is 0. The van der Waals surface area contributed by atoms with Crippen molar-refractivity contribution in [3.8, 4) is 0 Å². The normalized spacial score (nSPS) is 12.8. The van der Waals surface area contributed by atoms with E-state index in [0.717, 1.165) is 5.56 Å². The zero-order chi connectivity index (χ0) is 10.6. The standard InChI is InChI=1S/C10H14N2O2/c1-8(10(13)14)12(2)7-9-3-5-11-6-4-9/h3-6,8H,7H2,1-2H3,(H,13,14). The minimum Gasteiger partial charge on any atom is -0.480 e. The summed E-state index contributed by atoms with van der Waals surface area (Å²) >= 11 is 0. The largest absolute Gasteiger partial charge is 0.480 e. The fourth-order valence-electron chi connectivity index (χ4n) is 1.10. The smallest absolute Gasteiger partial charge is 0.320 e. The summed E-state index contributed by atoms with van der Waals surface area (Å²) in [6.07, 6.45) is 3.41. The molecular weight excluding hydrogens is 180 g/mol. The van der Waals surface area contributed by atoms with E-state index in [1.54, 1.807) is 31.3 Å². The minimum absolute atomic E-state index is 0.469. The van der Waals surface area contributed by atoms with Gasteiger partial charge in [-0.25, -0.2) is 0 Å². The molecule has 1 atom stereocenters. The van der Waals surface area contributed by atoms with Crippen LogP contribution in [0, 0.1) is 0 Å². The van der Waals surface area contributed by atoms with Crippen molar-refractivity contribution in [2.24, 2.45) is 0 Å². The predicted octanol–water partition coefficient (Wildman–Crippen LogP) is 0.986. The van der Waals surface area contributed by atoms with Gasteiger partial charge < -0.3 is 5.11 Å². The van der Waals surface area contributed by atoms with E-state index in [4.69, 9.17) is 5.11 Å². The Kier molecular flexibility index (Phi) is 3.59. The highest BCUT2D eigenvalue weighted by molar-refractivity contribution is 5.72. The lowest BCUT2D eigenvalue weighted by molar-refractivity contribution is -0.142. The molecule has 0 fully saturated rings. The highest BCUT2D eigenvalue weighted by Crippen LogP contribution is 2.04. The number of carboxylic acids is 1. The molecule has 0 saturated heterocycles. The third-order valence-electron chi connectivity index (χ3n) is 2.20. The Bertz CT molecular complexity index is 300. The lowest BCUT2D eigenvalue weighted by Gasteiger charge is -2.20. The van der Waals surface area contributed by atoms with Crippen LogP contribution in [-0.2, 0) is 11.3 Å². The van der Waals surface area contributed by atoms with E-state index in [0.29, 0.717) is 6.54 Å². The van der Waals surface area contributed by atoms with Crippen molar-refractivity contribution in [2.75, 3.05) is 7.05 Å². The van der Waals surface area contributed by atoms with Crippen LogP contribution >= 0.6 is 0 Å². The third-order valence-corrected chi connectivity index (χ3v) is 2.20. The van der Waals surface area contributed by atoms with Crippen LogP contribution in [0.5, 0.6) is 0 Å². The number of carboxylic acid groups (broad SMARTS) is 1. The number of aliphatic carboxylic acids is 1. The molecule has 0 radical (unpaired) electrons. The van der Waals surface area contributed by atoms with Gasteiger partial charge in [-0.15, -0.1) is 0 Å². The SMILES string of the molecule is CC(C(=O)O)N(C)Cc1ccncc1. The zero-order valence-electron chi connectivity index (χ0n) is 8.34. The van der Waals surface area contributed by atoms with E-state index in [1.165, 1.54) is 0 Å². The summed E-state index contributed by atoms with van der Waals surface area (Å²) in [6, 6.07) is 3.29. The van der Waals surface area contributed by atoms with Gasteiger partial charge in [-0.05, 0) is 31.7 Å². The van der Waals surface area contributed by atoms with Crippen molar-refractivity contribution in [3.05, 3.63) is 30.1 Å². The van der Waals surface area contributed by atoms with Crippen LogP contribution in [0.25, 0.3) is 0 Å². The van der Waals surface area contributed by atoms with Crippen molar-refractivity contribution < 1.29 is 9.90 Å². The molecule has 76 valence electrons. The van der Waals surface area contributed by atoms with Crippen LogP contribution in [0.3, 0.4) is 0 Å². The molecule has 1 rings (SSSR count). The molecule has 1 aromatic heterocycles. The number of pyridine rings is 1. The molecule has 0 aliphatic rings. The Morgan fingerprint density at radius 2 is 2.14 bits per heavy atom. The summed E-state index contributed by atoms with van der Waals surface area (Å²) in [4.78, 5) is 16.4. The lowest BCUT2D eigenvalue weighted by atomic mass is 10.2. The monoisotopic (exact) mass is 194 g/mol. The topological polar surface area (TPSA) is 53.4 Å². The van der Waals surface area contributed by atoms with Crippen LogP contribution in [0.2, 0.25) is 0 Å². The number of hydrogen-bond acceptors (Lipinski definition) is 3. The summed E-state index contributed by atoms with van der Waals surface area (Å²) in [7, 11) is 1.79. The Morgan fingerprint density at radius 1 is 1.57 bits per heavy atom. The lowest BCUT2D eigenvalue weighted by Crippen LogP contribution is -2.35.